The highest BCUT2D eigenvalue weighted by Gasteiger charge is 2.38. The molecule has 1 unspecified atom stereocenters. The maximum absolute atomic E-state index is 11.4. The zero-order chi connectivity index (χ0) is 18.1. The molecule has 2 heterocycles. The summed E-state index contributed by atoms with van der Waals surface area (Å²) in [5.41, 5.74) is -0.411. The van der Waals surface area contributed by atoms with Crippen LogP contribution in [0.15, 0.2) is 9.80 Å². The van der Waals surface area contributed by atoms with Crippen LogP contribution < -0.4 is 0 Å². The summed E-state index contributed by atoms with van der Waals surface area (Å²) in [6.07, 6.45) is 0.670. The summed E-state index contributed by atoms with van der Waals surface area (Å²) in [6, 6.07) is 0. The number of aromatic nitrogens is 3. The van der Waals surface area contributed by atoms with E-state index in [0.29, 0.717) is 23.2 Å². The molecule has 2 aromatic heterocycles. The van der Waals surface area contributed by atoms with E-state index in [2.05, 4.69) is 15.2 Å². The Morgan fingerprint density at radius 2 is 2.04 bits per heavy atom. The zero-order valence-corrected chi connectivity index (χ0v) is 15.6. The number of thiazole rings is 1. The highest BCUT2D eigenvalue weighted by Crippen LogP contribution is 2.36. The third kappa shape index (κ3) is 3.81. The molecular formula is C16H23N3O4S. The lowest BCUT2D eigenvalue weighted by molar-refractivity contribution is -0.148. The van der Waals surface area contributed by atoms with E-state index in [4.69, 9.17) is 9.15 Å². The molecule has 132 valence electrons. The van der Waals surface area contributed by atoms with Crippen molar-refractivity contribution in [2.75, 3.05) is 7.11 Å². The minimum atomic E-state index is -1.000. The van der Waals surface area contributed by atoms with Gasteiger partial charge >= 0.3 is 5.97 Å². The van der Waals surface area contributed by atoms with E-state index >= 15 is 0 Å². The fraction of sp³-hybridized carbons (Fsp3) is 0.625. The molecule has 24 heavy (non-hydrogen) atoms. The quantitative estimate of drug-likeness (QED) is 0.814. The Balaban J connectivity index is 2.20. The molecule has 0 saturated heterocycles. The maximum atomic E-state index is 11.4. The number of hydrogen-bond donors (Lipinski definition) is 1. The lowest BCUT2D eigenvalue weighted by atomic mass is 9.80. The standard InChI is InChI=1S/C16H23N3O4S/c1-9(16(4,5)14(20)21)11-18-19-12(23-11)13-17-10(8-24-13)7-15(2,3)22-6/h8-9H,7H2,1-6H3,(H,20,21). The summed E-state index contributed by atoms with van der Waals surface area (Å²) in [5, 5.41) is 19.9. The van der Waals surface area contributed by atoms with Gasteiger partial charge in [0.05, 0.1) is 22.6 Å². The fourth-order valence-electron chi connectivity index (χ4n) is 1.98. The van der Waals surface area contributed by atoms with Gasteiger partial charge in [0, 0.05) is 18.9 Å². The zero-order valence-electron chi connectivity index (χ0n) is 14.8. The van der Waals surface area contributed by atoms with E-state index < -0.39 is 17.3 Å². The summed E-state index contributed by atoms with van der Waals surface area (Å²) in [7, 11) is 1.67. The molecule has 0 aliphatic heterocycles. The van der Waals surface area contributed by atoms with E-state index in [1.54, 1.807) is 27.9 Å². The van der Waals surface area contributed by atoms with Gasteiger partial charge in [0.1, 0.15) is 0 Å². The van der Waals surface area contributed by atoms with Gasteiger partial charge in [0.15, 0.2) is 5.01 Å². The van der Waals surface area contributed by atoms with E-state index in [-0.39, 0.29) is 5.60 Å². The number of hydrogen-bond acceptors (Lipinski definition) is 7. The third-order valence-corrected chi connectivity index (χ3v) is 5.22. The molecule has 2 rings (SSSR count). The molecule has 0 amide bonds. The number of carbonyl (C=O) groups is 1. The van der Waals surface area contributed by atoms with Crippen LogP contribution in [0.3, 0.4) is 0 Å². The Bertz CT molecular complexity index is 720. The summed E-state index contributed by atoms with van der Waals surface area (Å²) in [5.74, 6) is -0.716. The van der Waals surface area contributed by atoms with Crippen molar-refractivity contribution >= 4 is 17.3 Å². The normalized spacial score (nSPS) is 13.9. The first-order valence-corrected chi connectivity index (χ1v) is 8.51. The first-order chi connectivity index (χ1) is 11.1. The molecule has 0 spiro atoms. The molecule has 7 nitrogen and oxygen atoms in total. The second-order valence-electron chi connectivity index (χ2n) is 6.98. The molecule has 2 aromatic rings. The Hall–Kier alpha value is -1.80. The van der Waals surface area contributed by atoms with Gasteiger partial charge in [-0.15, -0.1) is 21.5 Å². The third-order valence-electron chi connectivity index (χ3n) is 4.34. The predicted octanol–water partition coefficient (Wildman–Crippen LogP) is 3.37. The average Bonchev–Trinajstić information content (AvgIpc) is 3.14. The molecule has 0 radical (unpaired) electrons. The molecule has 0 aromatic carbocycles. The number of methoxy groups -OCH3 is 1. The number of rotatable bonds is 7. The second-order valence-corrected chi connectivity index (χ2v) is 7.84. The molecule has 1 atom stereocenters. The van der Waals surface area contributed by atoms with Gasteiger partial charge in [0.25, 0.3) is 5.89 Å². The fourth-order valence-corrected chi connectivity index (χ4v) is 2.72. The van der Waals surface area contributed by atoms with Gasteiger partial charge < -0.3 is 14.3 Å². The number of aliphatic carboxylic acids is 1. The molecule has 8 heteroatoms. The topological polar surface area (TPSA) is 98.3 Å². The lowest BCUT2D eigenvalue weighted by Crippen LogP contribution is -2.29. The minimum Gasteiger partial charge on any atom is -0.481 e. The van der Waals surface area contributed by atoms with Crippen LogP contribution in [0.1, 0.15) is 52.1 Å². The molecule has 0 aliphatic carbocycles. The lowest BCUT2D eigenvalue weighted by Gasteiger charge is -2.23. The van der Waals surface area contributed by atoms with E-state index in [0.717, 1.165) is 5.69 Å². The van der Waals surface area contributed by atoms with Crippen LogP contribution in [0, 0.1) is 5.41 Å². The van der Waals surface area contributed by atoms with Crippen molar-refractivity contribution in [3.05, 3.63) is 17.0 Å². The Labute approximate surface area is 145 Å². The van der Waals surface area contributed by atoms with Crippen molar-refractivity contribution in [2.24, 2.45) is 5.41 Å². The average molecular weight is 353 g/mol. The van der Waals surface area contributed by atoms with Crippen LogP contribution in [-0.2, 0) is 16.0 Å². The Kier molecular flexibility index (Phi) is 5.10. The largest absolute Gasteiger partial charge is 0.481 e. The van der Waals surface area contributed by atoms with Crippen LogP contribution in [-0.4, -0.2) is 39.0 Å². The minimum absolute atomic E-state index is 0.298. The van der Waals surface area contributed by atoms with Gasteiger partial charge in [-0.05, 0) is 27.7 Å². The molecule has 1 N–H and O–H groups in total. The Morgan fingerprint density at radius 1 is 1.38 bits per heavy atom. The second kappa shape index (κ2) is 6.60. The summed E-state index contributed by atoms with van der Waals surface area (Å²) < 4.78 is 11.1. The molecule has 0 aliphatic rings. The van der Waals surface area contributed by atoms with Crippen LogP contribution in [0.5, 0.6) is 0 Å². The first-order valence-electron chi connectivity index (χ1n) is 7.63. The van der Waals surface area contributed by atoms with Crippen LogP contribution in [0.2, 0.25) is 0 Å². The van der Waals surface area contributed by atoms with Crippen molar-refractivity contribution in [1.29, 1.82) is 0 Å². The van der Waals surface area contributed by atoms with Crippen molar-refractivity contribution < 1.29 is 19.1 Å². The highest BCUT2D eigenvalue weighted by atomic mass is 32.1. The van der Waals surface area contributed by atoms with Gasteiger partial charge in [-0.25, -0.2) is 4.98 Å². The van der Waals surface area contributed by atoms with Crippen molar-refractivity contribution in [3.63, 3.8) is 0 Å². The van der Waals surface area contributed by atoms with E-state index in [1.807, 2.05) is 19.2 Å². The number of carboxylic acids is 1. The SMILES string of the molecule is COC(C)(C)Cc1csc(-c2nnc(C(C)C(C)(C)C(=O)O)o2)n1. The van der Waals surface area contributed by atoms with Crippen LogP contribution in [0.25, 0.3) is 10.9 Å². The van der Waals surface area contributed by atoms with Crippen LogP contribution in [0.4, 0.5) is 0 Å². The maximum Gasteiger partial charge on any atom is 0.309 e. The van der Waals surface area contributed by atoms with E-state index in [1.165, 1.54) is 11.3 Å². The van der Waals surface area contributed by atoms with Gasteiger partial charge in [-0.2, -0.15) is 0 Å². The molecular weight excluding hydrogens is 330 g/mol. The first kappa shape index (κ1) is 18.5. The predicted molar refractivity (Wildman–Crippen MR) is 90.0 cm³/mol. The number of nitrogens with zero attached hydrogens (tertiary/aromatic N) is 3. The summed E-state index contributed by atoms with van der Waals surface area (Å²) in [4.78, 5) is 15.9. The highest BCUT2D eigenvalue weighted by molar-refractivity contribution is 7.13. The smallest absolute Gasteiger partial charge is 0.309 e. The monoisotopic (exact) mass is 353 g/mol. The summed E-state index contributed by atoms with van der Waals surface area (Å²) >= 11 is 1.41. The van der Waals surface area contributed by atoms with E-state index in [9.17, 15) is 9.90 Å². The number of carboxylic acid groups (broad SMARTS) is 1. The summed E-state index contributed by atoms with van der Waals surface area (Å²) in [6.45, 7) is 9.02. The van der Waals surface area contributed by atoms with Crippen molar-refractivity contribution in [3.8, 4) is 10.9 Å². The number of ether oxygens (including phenoxy) is 1. The van der Waals surface area contributed by atoms with Crippen LogP contribution >= 0.6 is 11.3 Å². The van der Waals surface area contributed by atoms with Gasteiger partial charge in [-0.3, -0.25) is 4.79 Å². The molecule has 0 fully saturated rings. The van der Waals surface area contributed by atoms with Gasteiger partial charge in [0.2, 0.25) is 5.89 Å². The van der Waals surface area contributed by atoms with Crippen molar-refractivity contribution in [2.45, 2.75) is 52.6 Å². The van der Waals surface area contributed by atoms with Crippen molar-refractivity contribution in [1.82, 2.24) is 15.2 Å². The molecule has 0 bridgehead atoms. The molecule has 0 saturated carbocycles. The van der Waals surface area contributed by atoms with Gasteiger partial charge in [-0.1, -0.05) is 6.92 Å². The Morgan fingerprint density at radius 3 is 2.62 bits per heavy atom.